The van der Waals surface area contributed by atoms with E-state index in [1.54, 1.807) is 6.07 Å². The number of para-hydroxylation sites is 1. The normalized spacial score (nSPS) is 13.5. The topological polar surface area (TPSA) is 44.8 Å². The van der Waals surface area contributed by atoms with Crippen LogP contribution in [0.5, 0.6) is 5.75 Å². The Morgan fingerprint density at radius 1 is 1.06 bits per heavy atom. The summed E-state index contributed by atoms with van der Waals surface area (Å²) in [5.41, 5.74) is 3.31. The molecule has 0 unspecified atom stereocenters. The third-order valence-electron chi connectivity index (χ3n) is 5.67. The predicted octanol–water partition coefficient (Wildman–Crippen LogP) is 5.41. The summed E-state index contributed by atoms with van der Waals surface area (Å²) in [6, 6.07) is 19.9. The number of halogens is 2. The van der Waals surface area contributed by atoms with Crippen LogP contribution in [0.2, 0.25) is 0 Å². The summed E-state index contributed by atoms with van der Waals surface area (Å²) in [7, 11) is 0. The van der Waals surface area contributed by atoms with Crippen LogP contribution in [0.15, 0.2) is 71.2 Å². The molecule has 4 rings (SSSR count). The van der Waals surface area contributed by atoms with Crippen LogP contribution < -0.4 is 15.0 Å². The number of rotatable bonds is 6. The lowest BCUT2D eigenvalue weighted by Crippen LogP contribution is -2.48. The van der Waals surface area contributed by atoms with Gasteiger partial charge in [-0.05, 0) is 67.1 Å². The van der Waals surface area contributed by atoms with Crippen molar-refractivity contribution in [3.05, 3.63) is 88.1 Å². The van der Waals surface area contributed by atoms with Gasteiger partial charge in [0.1, 0.15) is 16.6 Å². The summed E-state index contributed by atoms with van der Waals surface area (Å²) in [6.45, 7) is 4.73. The third kappa shape index (κ3) is 5.93. The molecular formula is C26H25BrFN3O2S. The Labute approximate surface area is 212 Å². The van der Waals surface area contributed by atoms with Gasteiger partial charge in [0, 0.05) is 41.9 Å². The van der Waals surface area contributed by atoms with Crippen LogP contribution in [-0.4, -0.2) is 48.6 Å². The van der Waals surface area contributed by atoms with Crippen molar-refractivity contribution in [2.24, 2.45) is 0 Å². The van der Waals surface area contributed by atoms with Crippen LogP contribution in [0.1, 0.15) is 11.1 Å². The zero-order valence-electron chi connectivity index (χ0n) is 18.8. The second-order valence-corrected chi connectivity index (χ2v) is 9.30. The van der Waals surface area contributed by atoms with Crippen LogP contribution in [0, 0.1) is 12.7 Å². The van der Waals surface area contributed by atoms with Gasteiger partial charge in [-0.25, -0.2) is 4.39 Å². The summed E-state index contributed by atoms with van der Waals surface area (Å²) in [4.78, 5) is 17.1. The highest BCUT2D eigenvalue weighted by molar-refractivity contribution is 9.10. The van der Waals surface area contributed by atoms with Crippen molar-refractivity contribution in [3.8, 4) is 5.75 Å². The molecule has 1 amide bonds. The monoisotopic (exact) mass is 541 g/mol. The molecule has 0 atom stereocenters. The Kier molecular flexibility index (Phi) is 7.80. The number of benzene rings is 3. The Bertz CT molecular complexity index is 1180. The van der Waals surface area contributed by atoms with Gasteiger partial charge >= 0.3 is 0 Å². The van der Waals surface area contributed by atoms with Crippen molar-refractivity contribution in [2.45, 2.75) is 6.92 Å². The van der Waals surface area contributed by atoms with Crippen LogP contribution in [-0.2, 0) is 4.79 Å². The van der Waals surface area contributed by atoms with Crippen LogP contribution >= 0.6 is 28.1 Å². The van der Waals surface area contributed by atoms with E-state index in [1.807, 2.05) is 66.4 Å². The van der Waals surface area contributed by atoms with Crippen LogP contribution in [0.4, 0.5) is 15.8 Å². The van der Waals surface area contributed by atoms with Gasteiger partial charge in [0.2, 0.25) is 0 Å². The third-order valence-corrected chi connectivity index (χ3v) is 7.06. The summed E-state index contributed by atoms with van der Waals surface area (Å²) < 4.78 is 20.7. The quantitative estimate of drug-likeness (QED) is 0.422. The molecule has 34 heavy (non-hydrogen) atoms. The molecule has 1 aliphatic heterocycles. The maximum absolute atomic E-state index is 14.1. The number of anilines is 2. The molecule has 1 saturated heterocycles. The number of amides is 1. The molecule has 1 heterocycles. The van der Waals surface area contributed by atoms with Gasteiger partial charge in [-0.2, -0.15) is 0 Å². The lowest BCUT2D eigenvalue weighted by molar-refractivity contribution is -0.118. The van der Waals surface area contributed by atoms with Crippen molar-refractivity contribution in [3.63, 3.8) is 0 Å². The SMILES string of the molecule is Cc1cc(NC(=O)COc2ccc(C(=S)N3CCN(c4ccccc4F)CC3)cc2)ccc1Br. The first-order chi connectivity index (χ1) is 16.4. The average molecular weight is 542 g/mol. The number of thiocarbonyl (C=S) groups is 1. The van der Waals surface area contributed by atoms with Gasteiger partial charge in [0.25, 0.3) is 5.91 Å². The fraction of sp³-hybridized carbons (Fsp3) is 0.231. The molecular weight excluding hydrogens is 517 g/mol. The number of piperazine rings is 1. The second kappa shape index (κ2) is 11.0. The smallest absolute Gasteiger partial charge is 0.262 e. The molecule has 0 aliphatic carbocycles. The lowest BCUT2D eigenvalue weighted by atomic mass is 10.1. The number of hydrogen-bond acceptors (Lipinski definition) is 4. The molecule has 8 heteroatoms. The zero-order chi connectivity index (χ0) is 24.1. The Morgan fingerprint density at radius 2 is 1.76 bits per heavy atom. The van der Waals surface area contributed by atoms with E-state index in [2.05, 4.69) is 26.1 Å². The first kappa shape index (κ1) is 24.2. The number of nitrogens with one attached hydrogen (secondary N) is 1. The summed E-state index contributed by atoms with van der Waals surface area (Å²) in [6.07, 6.45) is 0. The molecule has 1 fully saturated rings. The zero-order valence-corrected chi connectivity index (χ0v) is 21.2. The van der Waals surface area contributed by atoms with Crippen molar-refractivity contribution < 1.29 is 13.9 Å². The first-order valence-electron chi connectivity index (χ1n) is 11.0. The van der Waals surface area contributed by atoms with E-state index in [-0.39, 0.29) is 18.3 Å². The average Bonchev–Trinajstić information content (AvgIpc) is 2.85. The fourth-order valence-corrected chi connectivity index (χ4v) is 4.37. The van der Waals surface area contributed by atoms with Crippen LogP contribution in [0.3, 0.4) is 0 Å². The predicted molar refractivity (Wildman–Crippen MR) is 141 cm³/mol. The first-order valence-corrected chi connectivity index (χ1v) is 12.2. The van der Waals surface area contributed by atoms with Crippen molar-refractivity contribution in [1.82, 2.24) is 4.90 Å². The van der Waals surface area contributed by atoms with Gasteiger partial charge in [-0.15, -0.1) is 0 Å². The largest absolute Gasteiger partial charge is 0.484 e. The van der Waals surface area contributed by atoms with Gasteiger partial charge < -0.3 is 19.9 Å². The van der Waals surface area contributed by atoms with E-state index >= 15 is 0 Å². The number of carbonyl (C=O) groups is 1. The maximum atomic E-state index is 14.1. The molecule has 5 nitrogen and oxygen atoms in total. The lowest BCUT2D eigenvalue weighted by Gasteiger charge is -2.37. The highest BCUT2D eigenvalue weighted by atomic mass is 79.9. The number of carbonyl (C=O) groups excluding carboxylic acids is 1. The fourth-order valence-electron chi connectivity index (χ4n) is 3.80. The molecule has 3 aromatic carbocycles. The molecule has 0 aromatic heterocycles. The molecule has 0 spiro atoms. The molecule has 3 aromatic rings. The molecule has 0 saturated carbocycles. The number of hydrogen-bond donors (Lipinski definition) is 1. The van der Waals surface area contributed by atoms with Gasteiger partial charge in [0.15, 0.2) is 6.61 Å². The van der Waals surface area contributed by atoms with E-state index in [0.29, 0.717) is 24.5 Å². The van der Waals surface area contributed by atoms with E-state index in [9.17, 15) is 9.18 Å². The Hall–Kier alpha value is -2.97. The van der Waals surface area contributed by atoms with E-state index in [4.69, 9.17) is 17.0 Å². The van der Waals surface area contributed by atoms with Gasteiger partial charge in [0.05, 0.1) is 5.69 Å². The Morgan fingerprint density at radius 3 is 2.44 bits per heavy atom. The standard InChI is InChI=1S/C26H25BrFN3O2S/c1-18-16-20(8-11-22(18)27)29-25(32)17-33-21-9-6-19(7-10-21)26(34)31-14-12-30(13-15-31)24-5-3-2-4-23(24)28/h2-11,16H,12-15,17H2,1H3,(H,29,32). The minimum absolute atomic E-state index is 0.0864. The minimum atomic E-state index is -0.228. The molecule has 0 bridgehead atoms. The summed E-state index contributed by atoms with van der Waals surface area (Å²) in [5.74, 6) is 0.168. The summed E-state index contributed by atoms with van der Waals surface area (Å²) >= 11 is 9.14. The summed E-state index contributed by atoms with van der Waals surface area (Å²) in [5, 5.41) is 2.83. The minimum Gasteiger partial charge on any atom is -0.484 e. The number of nitrogens with zero attached hydrogens (tertiary/aromatic N) is 2. The van der Waals surface area contributed by atoms with Crippen molar-refractivity contribution >= 4 is 50.4 Å². The highest BCUT2D eigenvalue weighted by Crippen LogP contribution is 2.22. The molecule has 1 aliphatic rings. The maximum Gasteiger partial charge on any atom is 0.262 e. The number of aryl methyl sites for hydroxylation is 1. The van der Waals surface area contributed by atoms with Crippen molar-refractivity contribution in [1.29, 1.82) is 0 Å². The number of ether oxygens (including phenoxy) is 1. The molecule has 1 N–H and O–H groups in total. The van der Waals surface area contributed by atoms with Crippen LogP contribution in [0.25, 0.3) is 0 Å². The van der Waals surface area contributed by atoms with Gasteiger partial charge in [-0.3, -0.25) is 4.79 Å². The van der Waals surface area contributed by atoms with Crippen molar-refractivity contribution in [2.75, 3.05) is 43.0 Å². The van der Waals surface area contributed by atoms with E-state index < -0.39 is 0 Å². The molecule has 176 valence electrons. The molecule has 0 radical (unpaired) electrons. The van der Waals surface area contributed by atoms with E-state index in [0.717, 1.165) is 39.4 Å². The second-order valence-electron chi connectivity index (χ2n) is 8.06. The van der Waals surface area contributed by atoms with E-state index in [1.165, 1.54) is 6.07 Å². The van der Waals surface area contributed by atoms with Gasteiger partial charge in [-0.1, -0.05) is 40.3 Å². The highest BCUT2D eigenvalue weighted by Gasteiger charge is 2.21. The Balaban J connectivity index is 1.27.